The fourth-order valence-electron chi connectivity index (χ4n) is 3.50. The normalized spacial score (nSPS) is 28.3. The van der Waals surface area contributed by atoms with E-state index in [1.165, 1.54) is 25.8 Å². The number of aryl methyl sites for hydroxylation is 1. The summed E-state index contributed by atoms with van der Waals surface area (Å²) < 4.78 is 2.21. The van der Waals surface area contributed by atoms with Gasteiger partial charge in [-0.05, 0) is 39.3 Å². The Balaban J connectivity index is 1.79. The maximum Gasteiger partial charge on any atom is 0.134 e. The van der Waals surface area contributed by atoms with Gasteiger partial charge in [0, 0.05) is 18.9 Å². The van der Waals surface area contributed by atoms with E-state index >= 15 is 0 Å². The Morgan fingerprint density at radius 1 is 1.16 bits per heavy atom. The third-order valence-corrected chi connectivity index (χ3v) is 4.69. The largest absolute Gasteiger partial charge is 0.394 e. The summed E-state index contributed by atoms with van der Waals surface area (Å²) in [6.07, 6.45) is 8.03. The predicted octanol–water partition coefficient (Wildman–Crippen LogP) is 1.17. The van der Waals surface area contributed by atoms with Crippen molar-refractivity contribution in [2.24, 2.45) is 0 Å². The second-order valence-electron chi connectivity index (χ2n) is 5.97. The Labute approximate surface area is 114 Å². The number of aliphatic hydroxyl groups is 1. The van der Waals surface area contributed by atoms with Crippen LogP contribution in [-0.2, 0) is 12.8 Å². The average Bonchev–Trinajstić information content (AvgIpc) is 2.85. The molecule has 1 fully saturated rings. The number of aliphatic hydroxyl groups excluding tert-OH is 1. The van der Waals surface area contributed by atoms with Crippen molar-refractivity contribution in [3.05, 3.63) is 11.6 Å². The van der Waals surface area contributed by atoms with Gasteiger partial charge in [-0.2, -0.15) is 0 Å². The zero-order chi connectivity index (χ0) is 13.2. The molecule has 1 saturated heterocycles. The van der Waals surface area contributed by atoms with Crippen LogP contribution >= 0.6 is 0 Å². The quantitative estimate of drug-likeness (QED) is 0.890. The van der Waals surface area contributed by atoms with Gasteiger partial charge in [0.2, 0.25) is 0 Å². The molecule has 1 aromatic heterocycles. The number of aromatic nitrogens is 3. The molecule has 2 aliphatic heterocycles. The van der Waals surface area contributed by atoms with Crippen LogP contribution < -0.4 is 0 Å². The smallest absolute Gasteiger partial charge is 0.134 e. The van der Waals surface area contributed by atoms with Crippen LogP contribution in [0.1, 0.15) is 49.8 Å². The Hall–Kier alpha value is -0.940. The van der Waals surface area contributed by atoms with Gasteiger partial charge in [-0.3, -0.25) is 0 Å². The summed E-state index contributed by atoms with van der Waals surface area (Å²) in [5.74, 6) is 2.14. The summed E-state index contributed by atoms with van der Waals surface area (Å²) in [5, 5.41) is 18.3. The SMILES string of the molecule is CN1CCCCC1Cc1nnc2n1C(CO)CCC2. The first-order valence-electron chi connectivity index (χ1n) is 7.53. The Kier molecular flexibility index (Phi) is 3.84. The van der Waals surface area contributed by atoms with Crippen molar-refractivity contribution in [3.8, 4) is 0 Å². The van der Waals surface area contributed by atoms with Gasteiger partial charge >= 0.3 is 0 Å². The van der Waals surface area contributed by atoms with Gasteiger partial charge in [0.15, 0.2) is 0 Å². The van der Waals surface area contributed by atoms with Gasteiger partial charge < -0.3 is 14.6 Å². The standard InChI is InChI=1S/C14H24N4O/c1-17-8-3-2-5-11(17)9-14-16-15-13-7-4-6-12(10-19)18(13)14/h11-12,19H,2-10H2,1H3. The summed E-state index contributed by atoms with van der Waals surface area (Å²) in [5.41, 5.74) is 0. The van der Waals surface area contributed by atoms with Crippen molar-refractivity contribution in [1.82, 2.24) is 19.7 Å². The lowest BCUT2D eigenvalue weighted by atomic mass is 9.99. The lowest BCUT2D eigenvalue weighted by Gasteiger charge is -2.33. The summed E-state index contributed by atoms with van der Waals surface area (Å²) in [7, 11) is 2.21. The minimum absolute atomic E-state index is 0.197. The highest BCUT2D eigenvalue weighted by molar-refractivity contribution is 5.04. The minimum Gasteiger partial charge on any atom is -0.394 e. The van der Waals surface area contributed by atoms with E-state index in [-0.39, 0.29) is 12.6 Å². The van der Waals surface area contributed by atoms with Crippen LogP contribution in [0.25, 0.3) is 0 Å². The van der Waals surface area contributed by atoms with E-state index in [0.29, 0.717) is 6.04 Å². The molecule has 106 valence electrons. The van der Waals surface area contributed by atoms with Crippen LogP contribution in [0, 0.1) is 0 Å². The van der Waals surface area contributed by atoms with Gasteiger partial charge in [-0.25, -0.2) is 0 Å². The fourth-order valence-corrected chi connectivity index (χ4v) is 3.50. The Bertz CT molecular complexity index is 431. The summed E-state index contributed by atoms with van der Waals surface area (Å²) in [6, 6.07) is 0.783. The Morgan fingerprint density at radius 3 is 2.79 bits per heavy atom. The Morgan fingerprint density at radius 2 is 2.00 bits per heavy atom. The molecule has 5 nitrogen and oxygen atoms in total. The highest BCUT2D eigenvalue weighted by Gasteiger charge is 2.27. The van der Waals surface area contributed by atoms with Crippen molar-refractivity contribution >= 4 is 0 Å². The highest BCUT2D eigenvalue weighted by Crippen LogP contribution is 2.27. The van der Waals surface area contributed by atoms with Crippen LogP contribution in [0.5, 0.6) is 0 Å². The first-order chi connectivity index (χ1) is 9.29. The van der Waals surface area contributed by atoms with E-state index in [2.05, 4.69) is 26.7 Å². The zero-order valence-corrected chi connectivity index (χ0v) is 11.8. The van der Waals surface area contributed by atoms with E-state index in [1.807, 2.05) is 0 Å². The molecule has 3 heterocycles. The summed E-state index contributed by atoms with van der Waals surface area (Å²) in [6.45, 7) is 1.40. The molecule has 1 aromatic rings. The topological polar surface area (TPSA) is 54.2 Å². The van der Waals surface area contributed by atoms with Gasteiger partial charge in [-0.1, -0.05) is 6.42 Å². The van der Waals surface area contributed by atoms with E-state index < -0.39 is 0 Å². The number of fused-ring (bicyclic) bond motifs is 1. The molecule has 1 N–H and O–H groups in total. The number of nitrogens with zero attached hydrogens (tertiary/aromatic N) is 4. The van der Waals surface area contributed by atoms with Crippen molar-refractivity contribution in [2.75, 3.05) is 20.2 Å². The van der Waals surface area contributed by atoms with Gasteiger partial charge in [0.05, 0.1) is 12.6 Å². The van der Waals surface area contributed by atoms with Crippen LogP contribution in [0.2, 0.25) is 0 Å². The highest BCUT2D eigenvalue weighted by atomic mass is 16.3. The zero-order valence-electron chi connectivity index (χ0n) is 11.8. The molecule has 19 heavy (non-hydrogen) atoms. The molecule has 2 aliphatic rings. The van der Waals surface area contributed by atoms with Crippen LogP contribution in [-0.4, -0.2) is 51.0 Å². The fraction of sp³-hybridized carbons (Fsp3) is 0.857. The van der Waals surface area contributed by atoms with Crippen LogP contribution in [0.3, 0.4) is 0 Å². The monoisotopic (exact) mass is 264 g/mol. The first-order valence-corrected chi connectivity index (χ1v) is 7.53. The lowest BCUT2D eigenvalue weighted by molar-refractivity contribution is 0.174. The molecule has 0 aliphatic carbocycles. The molecular weight excluding hydrogens is 240 g/mol. The number of rotatable bonds is 3. The van der Waals surface area contributed by atoms with Crippen molar-refractivity contribution in [1.29, 1.82) is 0 Å². The second kappa shape index (κ2) is 5.59. The van der Waals surface area contributed by atoms with Crippen molar-refractivity contribution in [3.63, 3.8) is 0 Å². The number of likely N-dealkylation sites (tertiary alicyclic amines) is 1. The summed E-state index contributed by atoms with van der Waals surface area (Å²) >= 11 is 0. The van der Waals surface area contributed by atoms with Crippen molar-refractivity contribution < 1.29 is 5.11 Å². The van der Waals surface area contributed by atoms with E-state index in [4.69, 9.17) is 0 Å². The maximum absolute atomic E-state index is 9.55. The molecule has 0 radical (unpaired) electrons. The molecule has 5 heteroatoms. The summed E-state index contributed by atoms with van der Waals surface area (Å²) in [4.78, 5) is 2.45. The molecule has 0 saturated carbocycles. The van der Waals surface area contributed by atoms with Crippen LogP contribution in [0.4, 0.5) is 0 Å². The average molecular weight is 264 g/mol. The van der Waals surface area contributed by atoms with E-state index in [9.17, 15) is 5.11 Å². The van der Waals surface area contributed by atoms with Gasteiger partial charge in [0.25, 0.3) is 0 Å². The molecule has 0 spiro atoms. The second-order valence-corrected chi connectivity index (χ2v) is 5.97. The molecule has 0 bridgehead atoms. The molecule has 3 rings (SSSR count). The van der Waals surface area contributed by atoms with Crippen LogP contribution in [0.15, 0.2) is 0 Å². The lowest BCUT2D eigenvalue weighted by Crippen LogP contribution is -2.38. The third kappa shape index (κ3) is 2.54. The molecule has 0 aromatic carbocycles. The minimum atomic E-state index is 0.197. The van der Waals surface area contributed by atoms with Gasteiger partial charge in [0.1, 0.15) is 11.6 Å². The van der Waals surface area contributed by atoms with Crippen molar-refractivity contribution in [2.45, 2.75) is 57.0 Å². The van der Waals surface area contributed by atoms with E-state index in [0.717, 1.165) is 37.3 Å². The maximum atomic E-state index is 9.55. The van der Waals surface area contributed by atoms with E-state index in [1.54, 1.807) is 0 Å². The molecule has 2 atom stereocenters. The number of likely N-dealkylation sites (N-methyl/N-ethyl adjacent to an activating group) is 1. The molecule has 0 amide bonds. The number of hydrogen-bond donors (Lipinski definition) is 1. The third-order valence-electron chi connectivity index (χ3n) is 4.69. The van der Waals surface area contributed by atoms with Gasteiger partial charge in [-0.15, -0.1) is 10.2 Å². The predicted molar refractivity (Wildman–Crippen MR) is 73.1 cm³/mol. The molecule has 2 unspecified atom stereocenters. The molecular formula is C14H24N4O. The first kappa shape index (κ1) is 13.1. The number of hydrogen-bond acceptors (Lipinski definition) is 4. The number of piperidine rings is 1.